The van der Waals surface area contributed by atoms with Gasteiger partial charge in [-0.3, -0.25) is 9.59 Å². The van der Waals surface area contributed by atoms with Crippen molar-refractivity contribution in [2.75, 3.05) is 19.8 Å². The molecule has 0 spiro atoms. The summed E-state index contributed by atoms with van der Waals surface area (Å²) in [6, 6.07) is 0. The van der Waals surface area contributed by atoms with E-state index < -0.39 is 16.9 Å². The smallest absolute Gasteiger partial charge is 0.319 e. The third-order valence-electron chi connectivity index (χ3n) is 3.46. The SMILES string of the molecule is CC1(C)COCCN1C(=O)C1(C(=O)O)CC1. The molecule has 0 aromatic rings. The molecular weight excluding hydrogens is 210 g/mol. The monoisotopic (exact) mass is 227 g/mol. The Bertz CT molecular complexity index is 333. The van der Waals surface area contributed by atoms with Gasteiger partial charge in [-0.15, -0.1) is 0 Å². The number of aliphatic carboxylic acids is 1. The molecule has 1 aliphatic carbocycles. The molecule has 1 amide bonds. The van der Waals surface area contributed by atoms with Crippen molar-refractivity contribution >= 4 is 11.9 Å². The predicted molar refractivity (Wildman–Crippen MR) is 55.9 cm³/mol. The van der Waals surface area contributed by atoms with Crippen molar-refractivity contribution in [1.82, 2.24) is 4.90 Å². The molecule has 0 radical (unpaired) electrons. The van der Waals surface area contributed by atoms with E-state index in [0.717, 1.165) is 0 Å². The highest BCUT2D eigenvalue weighted by Crippen LogP contribution is 2.48. The summed E-state index contributed by atoms with van der Waals surface area (Å²) < 4.78 is 5.32. The van der Waals surface area contributed by atoms with Crippen molar-refractivity contribution in [2.45, 2.75) is 32.2 Å². The summed E-state index contributed by atoms with van der Waals surface area (Å²) in [6.45, 7) is 5.25. The van der Waals surface area contributed by atoms with Crippen molar-refractivity contribution < 1.29 is 19.4 Å². The zero-order valence-corrected chi connectivity index (χ0v) is 9.65. The molecule has 5 heteroatoms. The van der Waals surface area contributed by atoms with Crippen LogP contribution in [-0.2, 0) is 14.3 Å². The van der Waals surface area contributed by atoms with Crippen LogP contribution in [0.2, 0.25) is 0 Å². The summed E-state index contributed by atoms with van der Waals surface area (Å²) in [7, 11) is 0. The molecule has 90 valence electrons. The van der Waals surface area contributed by atoms with Crippen LogP contribution in [-0.4, -0.2) is 47.2 Å². The fourth-order valence-corrected chi connectivity index (χ4v) is 2.14. The molecule has 2 fully saturated rings. The van der Waals surface area contributed by atoms with E-state index >= 15 is 0 Å². The normalized spacial score (nSPS) is 26.2. The summed E-state index contributed by atoms with van der Waals surface area (Å²) in [5.41, 5.74) is -1.53. The molecule has 0 aromatic heterocycles. The van der Waals surface area contributed by atoms with Gasteiger partial charge in [0.25, 0.3) is 0 Å². The van der Waals surface area contributed by atoms with Gasteiger partial charge in [0.15, 0.2) is 0 Å². The molecule has 2 rings (SSSR count). The molecule has 5 nitrogen and oxygen atoms in total. The van der Waals surface area contributed by atoms with E-state index in [-0.39, 0.29) is 5.91 Å². The highest BCUT2D eigenvalue weighted by molar-refractivity contribution is 6.05. The Hall–Kier alpha value is -1.10. The van der Waals surface area contributed by atoms with Crippen LogP contribution in [0.1, 0.15) is 26.7 Å². The second kappa shape index (κ2) is 3.45. The number of hydrogen-bond acceptors (Lipinski definition) is 3. The van der Waals surface area contributed by atoms with Crippen LogP contribution in [0.4, 0.5) is 0 Å². The zero-order valence-electron chi connectivity index (χ0n) is 9.65. The third-order valence-corrected chi connectivity index (χ3v) is 3.46. The average Bonchev–Trinajstić information content (AvgIpc) is 2.96. The first-order chi connectivity index (χ1) is 7.40. The van der Waals surface area contributed by atoms with Crippen molar-refractivity contribution in [2.24, 2.45) is 5.41 Å². The molecule has 0 bridgehead atoms. The van der Waals surface area contributed by atoms with E-state index in [1.165, 1.54) is 0 Å². The van der Waals surface area contributed by atoms with Gasteiger partial charge in [-0.25, -0.2) is 0 Å². The van der Waals surface area contributed by atoms with Gasteiger partial charge in [0, 0.05) is 6.54 Å². The third kappa shape index (κ3) is 1.59. The summed E-state index contributed by atoms with van der Waals surface area (Å²) >= 11 is 0. The van der Waals surface area contributed by atoms with Crippen LogP contribution in [0.5, 0.6) is 0 Å². The van der Waals surface area contributed by atoms with Crippen LogP contribution in [0, 0.1) is 5.41 Å². The first kappa shape index (κ1) is 11.4. The summed E-state index contributed by atoms with van der Waals surface area (Å²) in [4.78, 5) is 25.0. The molecule has 1 N–H and O–H groups in total. The fraction of sp³-hybridized carbons (Fsp3) is 0.818. The lowest BCUT2D eigenvalue weighted by molar-refractivity contribution is -0.161. The number of carboxylic acids is 1. The van der Waals surface area contributed by atoms with Gasteiger partial charge in [0.05, 0.1) is 18.8 Å². The Labute approximate surface area is 94.4 Å². The molecule has 0 atom stereocenters. The van der Waals surface area contributed by atoms with Crippen LogP contribution in [0.15, 0.2) is 0 Å². The summed E-state index contributed by atoms with van der Waals surface area (Å²) in [6.07, 6.45) is 0.934. The van der Waals surface area contributed by atoms with Crippen LogP contribution >= 0.6 is 0 Å². The molecule has 2 aliphatic rings. The van der Waals surface area contributed by atoms with Crippen molar-refractivity contribution in [3.05, 3.63) is 0 Å². The first-order valence-corrected chi connectivity index (χ1v) is 5.53. The number of amides is 1. The Morgan fingerprint density at radius 2 is 1.94 bits per heavy atom. The lowest BCUT2D eigenvalue weighted by Crippen LogP contribution is -2.58. The van der Waals surface area contributed by atoms with E-state index in [2.05, 4.69) is 0 Å². The highest BCUT2D eigenvalue weighted by Gasteiger charge is 2.60. The maximum atomic E-state index is 12.2. The molecule has 0 aromatic carbocycles. The largest absolute Gasteiger partial charge is 0.480 e. The van der Waals surface area contributed by atoms with Crippen molar-refractivity contribution in [1.29, 1.82) is 0 Å². The number of carbonyl (C=O) groups excluding carboxylic acids is 1. The van der Waals surface area contributed by atoms with Gasteiger partial charge in [0.2, 0.25) is 5.91 Å². The van der Waals surface area contributed by atoms with Gasteiger partial charge in [-0.1, -0.05) is 0 Å². The minimum absolute atomic E-state index is 0.242. The van der Waals surface area contributed by atoms with Crippen molar-refractivity contribution in [3.8, 4) is 0 Å². The molecule has 0 unspecified atom stereocenters. The van der Waals surface area contributed by atoms with Crippen LogP contribution in [0.25, 0.3) is 0 Å². The second-order valence-corrected chi connectivity index (χ2v) is 5.21. The highest BCUT2D eigenvalue weighted by atomic mass is 16.5. The van der Waals surface area contributed by atoms with E-state index in [4.69, 9.17) is 9.84 Å². The molecule has 1 saturated heterocycles. The number of morpholine rings is 1. The average molecular weight is 227 g/mol. The predicted octanol–water partition coefficient (Wildman–Crippen LogP) is 0.489. The summed E-state index contributed by atoms with van der Waals surface area (Å²) in [5, 5.41) is 9.10. The zero-order chi connectivity index (χ0) is 12.0. The lowest BCUT2D eigenvalue weighted by atomic mass is 9.97. The molecule has 1 saturated carbocycles. The molecule has 16 heavy (non-hydrogen) atoms. The molecule has 1 aliphatic heterocycles. The summed E-state index contributed by atoms with van der Waals surface area (Å²) in [5.74, 6) is -1.23. The first-order valence-electron chi connectivity index (χ1n) is 5.53. The quantitative estimate of drug-likeness (QED) is 0.697. The topological polar surface area (TPSA) is 66.8 Å². The number of carboxylic acid groups (broad SMARTS) is 1. The number of carbonyl (C=O) groups is 2. The number of hydrogen-bond donors (Lipinski definition) is 1. The van der Waals surface area contributed by atoms with Gasteiger partial charge >= 0.3 is 5.97 Å². The lowest BCUT2D eigenvalue weighted by Gasteiger charge is -2.43. The minimum Gasteiger partial charge on any atom is -0.480 e. The van der Waals surface area contributed by atoms with E-state index in [1.807, 2.05) is 13.8 Å². The van der Waals surface area contributed by atoms with E-state index in [0.29, 0.717) is 32.6 Å². The fourth-order valence-electron chi connectivity index (χ4n) is 2.14. The Morgan fingerprint density at radius 1 is 1.31 bits per heavy atom. The standard InChI is InChI=1S/C11H17NO4/c1-10(2)7-16-6-5-12(10)8(13)11(3-4-11)9(14)15/h3-7H2,1-2H3,(H,14,15). The minimum atomic E-state index is -1.13. The van der Waals surface area contributed by atoms with Gasteiger partial charge in [-0.2, -0.15) is 0 Å². The molecule has 1 heterocycles. The number of rotatable bonds is 2. The maximum Gasteiger partial charge on any atom is 0.319 e. The van der Waals surface area contributed by atoms with Crippen LogP contribution < -0.4 is 0 Å². The maximum absolute atomic E-state index is 12.2. The van der Waals surface area contributed by atoms with Crippen LogP contribution in [0.3, 0.4) is 0 Å². The second-order valence-electron chi connectivity index (χ2n) is 5.21. The van der Waals surface area contributed by atoms with E-state index in [1.54, 1.807) is 4.90 Å². The van der Waals surface area contributed by atoms with Gasteiger partial charge in [-0.05, 0) is 26.7 Å². The van der Waals surface area contributed by atoms with Gasteiger partial charge in [0.1, 0.15) is 5.41 Å². The Balaban J connectivity index is 2.18. The molecular formula is C11H17NO4. The van der Waals surface area contributed by atoms with Crippen molar-refractivity contribution in [3.63, 3.8) is 0 Å². The number of nitrogens with zero attached hydrogens (tertiary/aromatic N) is 1. The van der Waals surface area contributed by atoms with E-state index in [9.17, 15) is 9.59 Å². The van der Waals surface area contributed by atoms with Gasteiger partial charge < -0.3 is 14.7 Å². The Kier molecular flexibility index (Phi) is 2.45. The Morgan fingerprint density at radius 3 is 2.38 bits per heavy atom. The number of ether oxygens (including phenoxy) is 1.